The zero-order valence-corrected chi connectivity index (χ0v) is 10.8. The van der Waals surface area contributed by atoms with Crippen LogP contribution in [0.15, 0.2) is 11.4 Å². The summed E-state index contributed by atoms with van der Waals surface area (Å²) in [5.41, 5.74) is 0.276. The van der Waals surface area contributed by atoms with Gasteiger partial charge in [-0.25, -0.2) is 0 Å². The van der Waals surface area contributed by atoms with Crippen LogP contribution in [0, 0.1) is 5.41 Å². The van der Waals surface area contributed by atoms with Gasteiger partial charge in [-0.2, -0.15) is 0 Å². The maximum absolute atomic E-state index is 12.2. The summed E-state index contributed by atoms with van der Waals surface area (Å²) in [6.45, 7) is 3.80. The predicted molar refractivity (Wildman–Crippen MR) is 65.1 cm³/mol. The SMILES string of the molecule is CC1(C)CCC(=O)C(c2ccsc2Cl)C1=O. The number of Topliss-reactive ketones (excluding diaryl/α,β-unsaturated/α-hetero) is 2. The van der Waals surface area contributed by atoms with Crippen molar-refractivity contribution in [3.8, 4) is 0 Å². The van der Waals surface area contributed by atoms with E-state index in [0.29, 0.717) is 22.7 Å². The van der Waals surface area contributed by atoms with Gasteiger partial charge in [0.05, 0.1) is 4.34 Å². The summed E-state index contributed by atoms with van der Waals surface area (Å²) >= 11 is 7.37. The molecule has 1 fully saturated rings. The first kappa shape index (κ1) is 11.8. The van der Waals surface area contributed by atoms with Crippen molar-refractivity contribution in [2.45, 2.75) is 32.6 Å². The summed E-state index contributed by atoms with van der Waals surface area (Å²) in [6, 6.07) is 1.79. The highest BCUT2D eigenvalue weighted by molar-refractivity contribution is 7.14. The van der Waals surface area contributed by atoms with Gasteiger partial charge in [-0.1, -0.05) is 25.4 Å². The highest BCUT2D eigenvalue weighted by Gasteiger charge is 2.43. The Kier molecular flexibility index (Phi) is 2.93. The molecule has 4 heteroatoms. The molecule has 1 unspecified atom stereocenters. The molecule has 1 aromatic rings. The van der Waals surface area contributed by atoms with Crippen LogP contribution in [0.3, 0.4) is 0 Å². The molecule has 86 valence electrons. The lowest BCUT2D eigenvalue weighted by Gasteiger charge is -2.32. The van der Waals surface area contributed by atoms with Crippen molar-refractivity contribution in [3.05, 3.63) is 21.3 Å². The van der Waals surface area contributed by atoms with Crippen molar-refractivity contribution in [1.82, 2.24) is 0 Å². The molecule has 0 spiro atoms. The van der Waals surface area contributed by atoms with Crippen molar-refractivity contribution < 1.29 is 9.59 Å². The first-order valence-corrected chi connectivity index (χ1v) is 6.49. The minimum Gasteiger partial charge on any atom is -0.299 e. The van der Waals surface area contributed by atoms with E-state index in [1.165, 1.54) is 11.3 Å². The third kappa shape index (κ3) is 1.82. The van der Waals surface area contributed by atoms with Crippen LogP contribution >= 0.6 is 22.9 Å². The number of thiophene rings is 1. The Morgan fingerprint density at radius 3 is 2.69 bits per heavy atom. The second-order valence-corrected chi connectivity index (χ2v) is 6.32. The van der Waals surface area contributed by atoms with Crippen LogP contribution in [0.25, 0.3) is 0 Å². The van der Waals surface area contributed by atoms with Crippen LogP contribution in [-0.4, -0.2) is 11.6 Å². The summed E-state index contributed by atoms with van der Waals surface area (Å²) in [5.74, 6) is -0.629. The summed E-state index contributed by atoms with van der Waals surface area (Å²) in [6.07, 6.45) is 1.11. The van der Waals surface area contributed by atoms with E-state index in [9.17, 15) is 9.59 Å². The van der Waals surface area contributed by atoms with Crippen molar-refractivity contribution >= 4 is 34.5 Å². The Morgan fingerprint density at radius 2 is 2.12 bits per heavy atom. The monoisotopic (exact) mass is 256 g/mol. The normalized spacial score (nSPS) is 24.8. The Labute approximate surface area is 104 Å². The van der Waals surface area contributed by atoms with E-state index >= 15 is 0 Å². The molecule has 0 saturated heterocycles. The highest BCUT2D eigenvalue weighted by atomic mass is 35.5. The van der Waals surface area contributed by atoms with Gasteiger partial charge >= 0.3 is 0 Å². The Bertz CT molecular complexity index is 448. The number of halogens is 1. The largest absolute Gasteiger partial charge is 0.299 e. The van der Waals surface area contributed by atoms with Crippen molar-refractivity contribution in [1.29, 1.82) is 0 Å². The van der Waals surface area contributed by atoms with E-state index in [2.05, 4.69) is 0 Å². The van der Waals surface area contributed by atoms with Crippen LogP contribution in [0.5, 0.6) is 0 Å². The van der Waals surface area contributed by atoms with Gasteiger partial charge in [-0.15, -0.1) is 11.3 Å². The van der Waals surface area contributed by atoms with Gasteiger partial charge in [0.15, 0.2) is 5.78 Å². The summed E-state index contributed by atoms with van der Waals surface area (Å²) < 4.78 is 0.560. The third-order valence-corrected chi connectivity index (χ3v) is 4.40. The lowest BCUT2D eigenvalue weighted by molar-refractivity contribution is -0.138. The molecule has 16 heavy (non-hydrogen) atoms. The fraction of sp³-hybridized carbons (Fsp3) is 0.500. The van der Waals surface area contributed by atoms with Crippen molar-refractivity contribution in [2.24, 2.45) is 5.41 Å². The lowest BCUT2D eigenvalue weighted by atomic mass is 9.69. The first-order chi connectivity index (χ1) is 7.43. The minimum absolute atomic E-state index is 0.00375. The third-order valence-electron chi connectivity index (χ3n) is 3.20. The number of carbonyl (C=O) groups is 2. The zero-order chi connectivity index (χ0) is 11.9. The van der Waals surface area contributed by atoms with Crippen LogP contribution in [0.2, 0.25) is 4.34 Å². The van der Waals surface area contributed by atoms with E-state index in [4.69, 9.17) is 11.6 Å². The lowest BCUT2D eigenvalue weighted by Crippen LogP contribution is -2.39. The van der Waals surface area contributed by atoms with E-state index < -0.39 is 11.3 Å². The van der Waals surface area contributed by atoms with Crippen LogP contribution in [0.1, 0.15) is 38.2 Å². The summed E-state index contributed by atoms with van der Waals surface area (Å²) in [5, 5.41) is 1.82. The first-order valence-electron chi connectivity index (χ1n) is 5.23. The van der Waals surface area contributed by atoms with Crippen LogP contribution in [-0.2, 0) is 9.59 Å². The number of rotatable bonds is 1. The molecule has 2 nitrogen and oxygen atoms in total. The molecule has 0 amide bonds. The van der Waals surface area contributed by atoms with E-state index in [-0.39, 0.29) is 11.6 Å². The molecular formula is C12H13ClO2S. The van der Waals surface area contributed by atoms with Gasteiger partial charge in [-0.05, 0) is 23.4 Å². The molecule has 0 aliphatic heterocycles. The fourth-order valence-corrected chi connectivity index (χ4v) is 3.05. The fourth-order valence-electron chi connectivity index (χ4n) is 2.07. The molecule has 0 aromatic carbocycles. The Morgan fingerprint density at radius 1 is 1.44 bits per heavy atom. The van der Waals surface area contributed by atoms with Gasteiger partial charge in [0.25, 0.3) is 0 Å². The van der Waals surface area contributed by atoms with Crippen LogP contribution in [0.4, 0.5) is 0 Å². The molecule has 2 rings (SSSR count). The molecule has 0 radical (unpaired) electrons. The summed E-state index contributed by atoms with van der Waals surface area (Å²) in [7, 11) is 0. The van der Waals surface area contributed by atoms with Crippen LogP contribution < -0.4 is 0 Å². The molecule has 1 aliphatic carbocycles. The number of hydrogen-bond donors (Lipinski definition) is 0. The number of carbonyl (C=O) groups excluding carboxylic acids is 2. The van der Waals surface area contributed by atoms with Gasteiger partial charge in [0.2, 0.25) is 0 Å². The van der Waals surface area contributed by atoms with Crippen molar-refractivity contribution in [3.63, 3.8) is 0 Å². The molecule has 0 bridgehead atoms. The van der Waals surface area contributed by atoms with E-state index in [1.54, 1.807) is 6.07 Å². The molecule has 1 atom stereocenters. The topological polar surface area (TPSA) is 34.1 Å². The molecule has 1 aliphatic rings. The maximum Gasteiger partial charge on any atom is 0.153 e. The molecular weight excluding hydrogens is 244 g/mol. The predicted octanol–water partition coefficient (Wildman–Crippen LogP) is 3.44. The Hall–Kier alpha value is -0.670. The zero-order valence-electron chi connectivity index (χ0n) is 9.25. The maximum atomic E-state index is 12.2. The van der Waals surface area contributed by atoms with Crippen molar-refractivity contribution in [2.75, 3.05) is 0 Å². The average molecular weight is 257 g/mol. The smallest absolute Gasteiger partial charge is 0.153 e. The highest BCUT2D eigenvalue weighted by Crippen LogP contribution is 2.41. The Balaban J connectivity index is 2.42. The average Bonchev–Trinajstić information content (AvgIpc) is 2.61. The molecule has 1 aromatic heterocycles. The second kappa shape index (κ2) is 3.97. The molecule has 1 heterocycles. The summed E-state index contributed by atoms with van der Waals surface area (Å²) in [4.78, 5) is 24.1. The second-order valence-electron chi connectivity index (χ2n) is 4.80. The van der Waals surface area contributed by atoms with Gasteiger partial charge < -0.3 is 0 Å². The standard InChI is InChI=1S/C12H13ClO2S/c1-12(2)5-3-8(14)9(10(12)15)7-4-6-16-11(7)13/h4,6,9H,3,5H2,1-2H3. The van der Waals surface area contributed by atoms with Gasteiger partial charge in [-0.3, -0.25) is 9.59 Å². The van der Waals surface area contributed by atoms with Gasteiger partial charge in [0, 0.05) is 11.8 Å². The molecule has 1 saturated carbocycles. The van der Waals surface area contributed by atoms with E-state index in [0.717, 1.165) is 0 Å². The molecule has 0 N–H and O–H groups in total. The van der Waals surface area contributed by atoms with E-state index in [1.807, 2.05) is 19.2 Å². The number of hydrogen-bond acceptors (Lipinski definition) is 3. The van der Waals surface area contributed by atoms with Gasteiger partial charge in [0.1, 0.15) is 11.7 Å². The minimum atomic E-state index is -0.637. The quantitative estimate of drug-likeness (QED) is 0.722. The number of ketones is 2.